The minimum absolute atomic E-state index is 0.0776. The Kier molecular flexibility index (Phi) is 4.06. The highest BCUT2D eigenvalue weighted by atomic mass is 32.2. The number of hydrogen-bond donors (Lipinski definition) is 1. The van der Waals surface area contributed by atoms with Crippen LogP contribution in [0.5, 0.6) is 0 Å². The first kappa shape index (κ1) is 15.5. The summed E-state index contributed by atoms with van der Waals surface area (Å²) in [5.74, 6) is -1.13. The highest BCUT2D eigenvalue weighted by Gasteiger charge is 2.47. The summed E-state index contributed by atoms with van der Waals surface area (Å²) in [7, 11) is -3.36. The van der Waals surface area contributed by atoms with Crippen molar-refractivity contribution in [2.45, 2.75) is 31.9 Å². The van der Waals surface area contributed by atoms with Crippen LogP contribution in [0.3, 0.4) is 0 Å². The van der Waals surface area contributed by atoms with Crippen molar-refractivity contribution < 1.29 is 18.3 Å². The van der Waals surface area contributed by atoms with E-state index < -0.39 is 21.2 Å². The van der Waals surface area contributed by atoms with Crippen molar-refractivity contribution in [1.82, 2.24) is 0 Å². The zero-order chi connectivity index (χ0) is 15.7. The molecule has 1 aliphatic carbocycles. The monoisotopic (exact) mass is 307 g/mol. The van der Waals surface area contributed by atoms with E-state index in [-0.39, 0.29) is 17.9 Å². The van der Waals surface area contributed by atoms with Gasteiger partial charge in [0, 0.05) is 0 Å². The van der Waals surface area contributed by atoms with Crippen LogP contribution in [0.1, 0.15) is 36.0 Å². The molecule has 6 heteroatoms. The molecule has 0 aliphatic heterocycles. The zero-order valence-electron chi connectivity index (χ0n) is 11.8. The smallest absolute Gasteiger partial charge is 0.303 e. The number of carbonyl (C=O) groups is 1. The molecule has 1 aromatic rings. The predicted octanol–water partition coefficient (Wildman–Crippen LogP) is 2.04. The fourth-order valence-electron chi connectivity index (χ4n) is 2.55. The molecule has 2 rings (SSSR count). The fourth-order valence-corrected chi connectivity index (χ4v) is 4.78. The lowest BCUT2D eigenvalue weighted by Crippen LogP contribution is -2.21. The predicted molar refractivity (Wildman–Crippen MR) is 77.3 cm³/mol. The number of sulfone groups is 1. The lowest BCUT2D eigenvalue weighted by atomic mass is 10.1. The van der Waals surface area contributed by atoms with Crippen LogP contribution < -0.4 is 0 Å². The Morgan fingerprint density at radius 2 is 2.10 bits per heavy atom. The van der Waals surface area contributed by atoms with E-state index in [1.165, 1.54) is 0 Å². The van der Waals surface area contributed by atoms with Crippen molar-refractivity contribution in [3.05, 3.63) is 34.9 Å². The van der Waals surface area contributed by atoms with E-state index in [4.69, 9.17) is 10.4 Å². The van der Waals surface area contributed by atoms with Crippen molar-refractivity contribution in [2.24, 2.45) is 5.41 Å². The van der Waals surface area contributed by atoms with Crippen LogP contribution in [0, 0.1) is 23.7 Å². The number of aliphatic carboxylic acids is 1. The van der Waals surface area contributed by atoms with Gasteiger partial charge in [0.15, 0.2) is 9.84 Å². The van der Waals surface area contributed by atoms with E-state index in [0.29, 0.717) is 24.0 Å². The van der Waals surface area contributed by atoms with Crippen LogP contribution in [0.15, 0.2) is 18.2 Å². The Morgan fingerprint density at radius 1 is 1.43 bits per heavy atom. The maximum atomic E-state index is 12.3. The molecule has 1 N–H and O–H groups in total. The van der Waals surface area contributed by atoms with Crippen molar-refractivity contribution in [3.63, 3.8) is 0 Å². The van der Waals surface area contributed by atoms with Gasteiger partial charge in [-0.15, -0.1) is 0 Å². The first-order valence-corrected chi connectivity index (χ1v) is 8.49. The molecule has 0 heterocycles. The normalized spacial score (nSPS) is 16.2. The van der Waals surface area contributed by atoms with Crippen LogP contribution in [0.4, 0.5) is 0 Å². The van der Waals surface area contributed by atoms with Crippen LogP contribution in [-0.2, 0) is 20.4 Å². The molecule has 0 amide bonds. The third-order valence-corrected chi connectivity index (χ3v) is 5.66. The Bertz CT molecular complexity index is 712. The van der Waals surface area contributed by atoms with Gasteiger partial charge in [0.05, 0.1) is 29.6 Å². The van der Waals surface area contributed by atoms with Gasteiger partial charge in [0.1, 0.15) is 0 Å². The summed E-state index contributed by atoms with van der Waals surface area (Å²) in [6.45, 7) is 1.77. The molecule has 0 bridgehead atoms. The number of aryl methyl sites for hydroxylation is 1. The Morgan fingerprint density at radius 3 is 2.57 bits per heavy atom. The van der Waals surface area contributed by atoms with Crippen molar-refractivity contribution >= 4 is 15.8 Å². The average molecular weight is 307 g/mol. The molecule has 21 heavy (non-hydrogen) atoms. The van der Waals surface area contributed by atoms with E-state index in [0.717, 1.165) is 5.56 Å². The maximum absolute atomic E-state index is 12.3. The van der Waals surface area contributed by atoms with Gasteiger partial charge in [-0.2, -0.15) is 5.26 Å². The van der Waals surface area contributed by atoms with Gasteiger partial charge in [-0.3, -0.25) is 4.79 Å². The van der Waals surface area contributed by atoms with E-state index in [1.807, 2.05) is 6.07 Å². The zero-order valence-corrected chi connectivity index (χ0v) is 12.6. The largest absolute Gasteiger partial charge is 0.481 e. The Balaban J connectivity index is 2.12. The van der Waals surface area contributed by atoms with Crippen molar-refractivity contribution in [2.75, 3.05) is 5.75 Å². The number of nitriles is 1. The minimum Gasteiger partial charge on any atom is -0.481 e. The van der Waals surface area contributed by atoms with Gasteiger partial charge in [-0.25, -0.2) is 8.42 Å². The quantitative estimate of drug-likeness (QED) is 0.867. The molecular weight excluding hydrogens is 290 g/mol. The standard InChI is InChI=1S/C15H17NO4S/c1-11-6-12(8-16)2-3-13(11)9-21(19,20)10-15(4-5-15)7-14(17)18/h2-3,6H,4-5,7,9-10H2,1H3,(H,17,18). The Hall–Kier alpha value is -1.87. The molecule has 1 aliphatic rings. The van der Waals surface area contributed by atoms with Crippen LogP contribution >= 0.6 is 0 Å². The second kappa shape index (κ2) is 5.49. The highest BCUT2D eigenvalue weighted by Crippen LogP contribution is 2.50. The summed E-state index contributed by atoms with van der Waals surface area (Å²) in [5, 5.41) is 17.7. The van der Waals surface area contributed by atoms with Crippen LogP contribution in [0.25, 0.3) is 0 Å². The molecule has 0 radical (unpaired) electrons. The molecular formula is C15H17NO4S. The van der Waals surface area contributed by atoms with Crippen molar-refractivity contribution in [1.29, 1.82) is 5.26 Å². The summed E-state index contributed by atoms with van der Waals surface area (Å²) < 4.78 is 24.6. The van der Waals surface area contributed by atoms with Gasteiger partial charge < -0.3 is 5.11 Å². The van der Waals surface area contributed by atoms with Crippen molar-refractivity contribution in [3.8, 4) is 6.07 Å². The van der Waals surface area contributed by atoms with Gasteiger partial charge in [-0.05, 0) is 48.4 Å². The molecule has 1 saturated carbocycles. The summed E-state index contributed by atoms with van der Waals surface area (Å²) in [6, 6.07) is 6.93. The molecule has 1 aromatic carbocycles. The number of benzene rings is 1. The number of carboxylic acids is 1. The fraction of sp³-hybridized carbons (Fsp3) is 0.467. The second-order valence-electron chi connectivity index (χ2n) is 5.86. The average Bonchev–Trinajstić information content (AvgIpc) is 3.08. The molecule has 5 nitrogen and oxygen atoms in total. The molecule has 0 aromatic heterocycles. The lowest BCUT2D eigenvalue weighted by Gasteiger charge is -2.14. The summed E-state index contributed by atoms with van der Waals surface area (Å²) in [4.78, 5) is 10.8. The topological polar surface area (TPSA) is 95.2 Å². The van der Waals surface area contributed by atoms with E-state index in [9.17, 15) is 13.2 Å². The molecule has 0 unspecified atom stereocenters. The third kappa shape index (κ3) is 4.05. The van der Waals surface area contributed by atoms with Crippen LogP contribution in [0.2, 0.25) is 0 Å². The lowest BCUT2D eigenvalue weighted by molar-refractivity contribution is -0.138. The van der Waals surface area contributed by atoms with E-state index in [2.05, 4.69) is 0 Å². The third-order valence-electron chi connectivity index (χ3n) is 3.86. The number of rotatable bonds is 6. The second-order valence-corrected chi connectivity index (χ2v) is 7.92. The summed E-state index contributed by atoms with van der Waals surface area (Å²) >= 11 is 0. The van der Waals surface area contributed by atoms with E-state index in [1.54, 1.807) is 25.1 Å². The molecule has 0 spiro atoms. The van der Waals surface area contributed by atoms with Gasteiger partial charge in [0.2, 0.25) is 0 Å². The van der Waals surface area contributed by atoms with Gasteiger partial charge >= 0.3 is 5.97 Å². The number of carboxylic acid groups (broad SMARTS) is 1. The first-order chi connectivity index (χ1) is 9.75. The minimum atomic E-state index is -3.36. The summed E-state index contributed by atoms with van der Waals surface area (Å²) in [6.07, 6.45) is 1.23. The highest BCUT2D eigenvalue weighted by molar-refractivity contribution is 7.90. The Labute approximate surface area is 124 Å². The van der Waals surface area contributed by atoms with Crippen LogP contribution in [-0.4, -0.2) is 25.2 Å². The molecule has 112 valence electrons. The van der Waals surface area contributed by atoms with Gasteiger partial charge in [-0.1, -0.05) is 6.07 Å². The number of nitrogens with zero attached hydrogens (tertiary/aromatic N) is 1. The SMILES string of the molecule is Cc1cc(C#N)ccc1CS(=O)(=O)CC1(CC(=O)O)CC1. The molecule has 1 fully saturated rings. The van der Waals surface area contributed by atoms with E-state index >= 15 is 0 Å². The first-order valence-electron chi connectivity index (χ1n) is 6.67. The molecule has 0 atom stereocenters. The number of hydrogen-bond acceptors (Lipinski definition) is 4. The van der Waals surface area contributed by atoms with Gasteiger partial charge in [0.25, 0.3) is 0 Å². The molecule has 0 saturated heterocycles. The summed E-state index contributed by atoms with van der Waals surface area (Å²) in [5.41, 5.74) is 1.37. The maximum Gasteiger partial charge on any atom is 0.303 e.